The van der Waals surface area contributed by atoms with Gasteiger partial charge in [-0.05, 0) is 30.3 Å². The molecule has 0 saturated heterocycles. The molecule has 0 aliphatic rings. The topological polar surface area (TPSA) is 99.0 Å². The van der Waals surface area contributed by atoms with Gasteiger partial charge in [0.25, 0.3) is 0 Å². The van der Waals surface area contributed by atoms with E-state index in [0.717, 1.165) is 32.0 Å². The third-order valence-electron chi connectivity index (χ3n) is 6.04. The molecule has 0 aliphatic carbocycles. The lowest BCUT2D eigenvalue weighted by Crippen LogP contribution is -2.01. The lowest BCUT2D eigenvalue weighted by atomic mass is 10.1. The first-order valence-corrected chi connectivity index (χ1v) is 12.3. The van der Waals surface area contributed by atoms with Gasteiger partial charge in [0.05, 0.1) is 58.6 Å². The van der Waals surface area contributed by atoms with E-state index in [1.807, 2.05) is 47.0 Å². The number of hydrogen-bond donors (Lipinski definition) is 0. The molecule has 0 atom stereocenters. The largest absolute Gasteiger partial charge is 0.497 e. The van der Waals surface area contributed by atoms with Crippen molar-refractivity contribution in [3.8, 4) is 62.1 Å². The van der Waals surface area contributed by atoms with Crippen LogP contribution in [0.1, 0.15) is 0 Å². The normalized spacial score (nSPS) is 10.9. The number of fused-ring (bicyclic) bond motifs is 1. The van der Waals surface area contributed by atoms with Crippen molar-refractivity contribution in [1.82, 2.24) is 19.7 Å². The Morgan fingerprint density at radius 3 is 2.00 bits per heavy atom. The van der Waals surface area contributed by atoms with Crippen molar-refractivity contribution in [3.63, 3.8) is 0 Å². The average Bonchev–Trinajstić information content (AvgIpc) is 3.63. The van der Waals surface area contributed by atoms with Crippen LogP contribution in [-0.2, 0) is 0 Å². The first kappa shape index (κ1) is 25.2. The van der Waals surface area contributed by atoms with Crippen LogP contribution < -0.4 is 28.4 Å². The van der Waals surface area contributed by atoms with Crippen LogP contribution in [0.2, 0.25) is 0 Å². The second-order valence-corrected chi connectivity index (χ2v) is 9.02. The number of aromatic nitrogens is 4. The molecule has 38 heavy (non-hydrogen) atoms. The minimum atomic E-state index is 0.497. The molecule has 0 N–H and O–H groups in total. The SMILES string of the molecule is COc1cc(OC)c2sc(-c3ccc(-n4cnnc4-c4cc(OC)c(OC)c(OC)c4)c(OC)c3)nc2c1. The van der Waals surface area contributed by atoms with Crippen LogP contribution in [0.5, 0.6) is 34.5 Å². The molecule has 3 aromatic carbocycles. The quantitative estimate of drug-likeness (QED) is 0.251. The van der Waals surface area contributed by atoms with E-state index >= 15 is 0 Å². The monoisotopic (exact) mass is 534 g/mol. The van der Waals surface area contributed by atoms with Crippen LogP contribution in [0, 0.1) is 0 Å². The van der Waals surface area contributed by atoms with Gasteiger partial charge in [-0.1, -0.05) is 0 Å². The summed E-state index contributed by atoms with van der Waals surface area (Å²) in [5.74, 6) is 4.13. The smallest absolute Gasteiger partial charge is 0.203 e. The molecule has 0 saturated carbocycles. The predicted octanol–water partition coefficient (Wildman–Crippen LogP) is 5.26. The summed E-state index contributed by atoms with van der Waals surface area (Å²) in [5.41, 5.74) is 3.18. The highest BCUT2D eigenvalue weighted by atomic mass is 32.1. The summed E-state index contributed by atoms with van der Waals surface area (Å²) in [6, 6.07) is 13.3. The standard InChI is InChI=1S/C27H26N4O6S/c1-32-17-12-18-25(23(13-17)36-5)38-27(29-18)15-7-8-19(20(9-15)33-2)31-14-28-30-26(31)16-10-21(34-3)24(37-6)22(11-16)35-4/h7-14H,1-6H3. The van der Waals surface area contributed by atoms with Gasteiger partial charge in [0.15, 0.2) is 17.3 Å². The summed E-state index contributed by atoms with van der Waals surface area (Å²) < 4.78 is 36.0. The third-order valence-corrected chi connectivity index (χ3v) is 7.18. The van der Waals surface area contributed by atoms with E-state index in [1.54, 1.807) is 49.0 Å². The summed E-state index contributed by atoms with van der Waals surface area (Å²) in [6.45, 7) is 0. The van der Waals surface area contributed by atoms with Crippen molar-refractivity contribution in [2.24, 2.45) is 0 Å². The van der Waals surface area contributed by atoms with Crippen LogP contribution in [-0.4, -0.2) is 62.4 Å². The molecule has 2 aromatic heterocycles. The van der Waals surface area contributed by atoms with Crippen LogP contribution in [0.4, 0.5) is 0 Å². The van der Waals surface area contributed by atoms with Crippen molar-refractivity contribution in [3.05, 3.63) is 48.8 Å². The van der Waals surface area contributed by atoms with Gasteiger partial charge in [-0.15, -0.1) is 21.5 Å². The van der Waals surface area contributed by atoms with Gasteiger partial charge in [-0.3, -0.25) is 4.57 Å². The fourth-order valence-electron chi connectivity index (χ4n) is 4.20. The fourth-order valence-corrected chi connectivity index (χ4v) is 5.23. The minimum absolute atomic E-state index is 0.497. The van der Waals surface area contributed by atoms with Crippen molar-refractivity contribution >= 4 is 21.6 Å². The molecule has 0 amide bonds. The molecule has 2 heterocycles. The number of hydrogen-bond acceptors (Lipinski definition) is 10. The highest BCUT2D eigenvalue weighted by molar-refractivity contribution is 7.22. The zero-order chi connectivity index (χ0) is 26.8. The van der Waals surface area contributed by atoms with Gasteiger partial charge in [0.2, 0.25) is 5.75 Å². The number of benzene rings is 3. The molecule has 5 rings (SSSR count). The summed E-state index contributed by atoms with van der Waals surface area (Å²) in [6.07, 6.45) is 1.63. The van der Waals surface area contributed by atoms with Crippen molar-refractivity contribution in [2.75, 3.05) is 42.7 Å². The summed E-state index contributed by atoms with van der Waals surface area (Å²) in [4.78, 5) is 4.82. The fraction of sp³-hybridized carbons (Fsp3) is 0.222. The highest BCUT2D eigenvalue weighted by Gasteiger charge is 2.20. The molecule has 0 spiro atoms. The lowest BCUT2D eigenvalue weighted by Gasteiger charge is -2.15. The molecule has 5 aromatic rings. The second kappa shape index (κ2) is 10.5. The predicted molar refractivity (Wildman–Crippen MR) is 145 cm³/mol. The maximum absolute atomic E-state index is 5.79. The Morgan fingerprint density at radius 1 is 0.684 bits per heavy atom. The third kappa shape index (κ3) is 4.30. The van der Waals surface area contributed by atoms with E-state index < -0.39 is 0 Å². The van der Waals surface area contributed by atoms with Gasteiger partial charge in [0.1, 0.15) is 28.6 Å². The van der Waals surface area contributed by atoms with Crippen LogP contribution in [0.3, 0.4) is 0 Å². The highest BCUT2D eigenvalue weighted by Crippen LogP contribution is 2.43. The van der Waals surface area contributed by atoms with Crippen LogP contribution >= 0.6 is 11.3 Å². The van der Waals surface area contributed by atoms with Crippen molar-refractivity contribution < 1.29 is 28.4 Å². The van der Waals surface area contributed by atoms with Gasteiger partial charge >= 0.3 is 0 Å². The van der Waals surface area contributed by atoms with Gasteiger partial charge in [0, 0.05) is 23.3 Å². The van der Waals surface area contributed by atoms with E-state index in [4.69, 9.17) is 33.4 Å². The maximum Gasteiger partial charge on any atom is 0.203 e. The summed E-state index contributed by atoms with van der Waals surface area (Å²) in [5, 5.41) is 9.34. The molecule has 10 nitrogen and oxygen atoms in total. The van der Waals surface area contributed by atoms with Crippen molar-refractivity contribution in [1.29, 1.82) is 0 Å². The number of ether oxygens (including phenoxy) is 6. The first-order chi connectivity index (χ1) is 18.5. The number of thiazole rings is 1. The maximum atomic E-state index is 5.79. The molecule has 0 aliphatic heterocycles. The zero-order valence-electron chi connectivity index (χ0n) is 21.8. The Balaban J connectivity index is 1.59. The Kier molecular flexibility index (Phi) is 6.93. The van der Waals surface area contributed by atoms with E-state index in [1.165, 1.54) is 11.3 Å². The number of nitrogens with zero attached hydrogens (tertiary/aromatic N) is 4. The lowest BCUT2D eigenvalue weighted by molar-refractivity contribution is 0.324. The average molecular weight is 535 g/mol. The van der Waals surface area contributed by atoms with E-state index in [9.17, 15) is 0 Å². The number of methoxy groups -OCH3 is 6. The molecular formula is C27H26N4O6S. The van der Waals surface area contributed by atoms with Crippen LogP contribution in [0.15, 0.2) is 48.8 Å². The molecule has 0 unspecified atom stereocenters. The molecule has 0 radical (unpaired) electrons. The van der Waals surface area contributed by atoms with E-state index in [-0.39, 0.29) is 0 Å². The van der Waals surface area contributed by atoms with Gasteiger partial charge < -0.3 is 28.4 Å². The molecular weight excluding hydrogens is 508 g/mol. The second-order valence-electron chi connectivity index (χ2n) is 8.02. The van der Waals surface area contributed by atoms with Gasteiger partial charge in [-0.2, -0.15) is 0 Å². The molecule has 11 heteroatoms. The Hall–Kier alpha value is -4.51. The Labute approximate surface area is 223 Å². The van der Waals surface area contributed by atoms with Crippen LogP contribution in [0.25, 0.3) is 37.9 Å². The first-order valence-electron chi connectivity index (χ1n) is 11.5. The number of rotatable bonds is 9. The van der Waals surface area contributed by atoms with E-state index in [0.29, 0.717) is 40.3 Å². The molecule has 0 bridgehead atoms. The Bertz CT molecular complexity index is 1590. The summed E-state index contributed by atoms with van der Waals surface area (Å²) >= 11 is 1.54. The Morgan fingerprint density at radius 2 is 1.37 bits per heavy atom. The van der Waals surface area contributed by atoms with Crippen molar-refractivity contribution in [2.45, 2.75) is 0 Å². The summed E-state index contributed by atoms with van der Waals surface area (Å²) in [7, 11) is 9.58. The van der Waals surface area contributed by atoms with Gasteiger partial charge in [-0.25, -0.2) is 4.98 Å². The zero-order valence-corrected chi connectivity index (χ0v) is 22.6. The molecule has 196 valence electrons. The minimum Gasteiger partial charge on any atom is -0.497 e. The van der Waals surface area contributed by atoms with E-state index in [2.05, 4.69) is 10.2 Å². The molecule has 0 fully saturated rings.